The molecule has 1 N–H and O–H groups in total. The molecule has 2 heterocycles. The summed E-state index contributed by atoms with van der Waals surface area (Å²) in [6.45, 7) is 2.05. The van der Waals surface area contributed by atoms with Crippen LogP contribution < -0.4 is 5.56 Å². The molecule has 130 valence electrons. The van der Waals surface area contributed by atoms with Crippen molar-refractivity contribution >= 4 is 17.3 Å². The highest BCUT2D eigenvalue weighted by molar-refractivity contribution is 7.98. The van der Waals surface area contributed by atoms with Crippen LogP contribution in [0.4, 0.5) is 4.39 Å². The molecule has 0 aliphatic rings. The Bertz CT molecular complexity index is 1130. The lowest BCUT2D eigenvalue weighted by Crippen LogP contribution is -2.13. The predicted octanol–water partition coefficient (Wildman–Crippen LogP) is 3.82. The van der Waals surface area contributed by atoms with E-state index in [1.165, 1.54) is 39.5 Å². The van der Waals surface area contributed by atoms with Gasteiger partial charge in [-0.1, -0.05) is 41.6 Å². The molecule has 0 saturated heterocycles. The summed E-state index contributed by atoms with van der Waals surface area (Å²) in [5.74, 6) is 0.396. The second kappa shape index (κ2) is 6.76. The number of thioether (sulfide) groups is 1. The number of rotatable bonds is 4. The molecule has 0 spiro atoms. The maximum Gasteiger partial charge on any atom is 0.290 e. The fourth-order valence-corrected chi connectivity index (χ4v) is 3.54. The Hall–Kier alpha value is -2.93. The van der Waals surface area contributed by atoms with E-state index in [1.807, 2.05) is 19.1 Å². The Morgan fingerprint density at radius 2 is 1.96 bits per heavy atom. The summed E-state index contributed by atoms with van der Waals surface area (Å²) >= 11 is 1.49. The summed E-state index contributed by atoms with van der Waals surface area (Å²) in [5, 5.41) is 11.7. The Morgan fingerprint density at radius 3 is 2.73 bits per heavy atom. The summed E-state index contributed by atoms with van der Waals surface area (Å²) < 4.78 is 14.7. The number of halogens is 1. The maximum atomic E-state index is 13.1. The first-order valence-corrected chi connectivity index (χ1v) is 9.01. The van der Waals surface area contributed by atoms with E-state index in [2.05, 4.69) is 27.4 Å². The first kappa shape index (κ1) is 16.5. The van der Waals surface area contributed by atoms with Crippen LogP contribution in [0.1, 0.15) is 11.1 Å². The normalized spacial score (nSPS) is 11.2. The maximum absolute atomic E-state index is 13.1. The monoisotopic (exact) mass is 366 g/mol. The van der Waals surface area contributed by atoms with Crippen LogP contribution in [0, 0.1) is 12.7 Å². The molecule has 0 bridgehead atoms. The molecule has 0 aliphatic heterocycles. The van der Waals surface area contributed by atoms with Gasteiger partial charge in [-0.3, -0.25) is 4.79 Å². The smallest absolute Gasteiger partial charge is 0.266 e. The highest BCUT2D eigenvalue weighted by atomic mass is 32.2. The number of aryl methyl sites for hydroxylation is 1. The fourth-order valence-electron chi connectivity index (χ4n) is 2.70. The van der Waals surface area contributed by atoms with Crippen molar-refractivity contribution in [2.24, 2.45) is 0 Å². The van der Waals surface area contributed by atoms with E-state index < -0.39 is 0 Å². The zero-order valence-corrected chi connectivity index (χ0v) is 14.8. The summed E-state index contributed by atoms with van der Waals surface area (Å²) in [6.07, 6.45) is 0. The van der Waals surface area contributed by atoms with Crippen molar-refractivity contribution < 1.29 is 4.39 Å². The van der Waals surface area contributed by atoms with Gasteiger partial charge in [-0.15, -0.1) is 5.10 Å². The second-order valence-electron chi connectivity index (χ2n) is 5.95. The molecule has 7 heteroatoms. The highest BCUT2D eigenvalue weighted by Crippen LogP contribution is 2.24. The fraction of sp³-hybridized carbons (Fsp3) is 0.105. The van der Waals surface area contributed by atoms with Gasteiger partial charge in [-0.05, 0) is 42.8 Å². The molecular weight excluding hydrogens is 351 g/mol. The number of hydrogen-bond acceptors (Lipinski definition) is 4. The van der Waals surface area contributed by atoms with E-state index in [0.717, 1.165) is 5.56 Å². The molecule has 0 radical (unpaired) electrons. The van der Waals surface area contributed by atoms with Crippen LogP contribution in [0.2, 0.25) is 0 Å². The molecule has 0 saturated carbocycles. The zero-order chi connectivity index (χ0) is 18.1. The largest absolute Gasteiger partial charge is 0.290 e. The van der Waals surface area contributed by atoms with E-state index in [4.69, 9.17) is 0 Å². The van der Waals surface area contributed by atoms with Gasteiger partial charge in [0, 0.05) is 11.3 Å². The van der Waals surface area contributed by atoms with Gasteiger partial charge in [0.15, 0.2) is 0 Å². The van der Waals surface area contributed by atoms with E-state index in [1.54, 1.807) is 18.2 Å². The van der Waals surface area contributed by atoms with Crippen LogP contribution in [-0.4, -0.2) is 19.8 Å². The number of nitrogens with zero attached hydrogens (tertiary/aromatic N) is 3. The van der Waals surface area contributed by atoms with Crippen molar-refractivity contribution in [1.82, 2.24) is 19.8 Å². The van der Waals surface area contributed by atoms with Gasteiger partial charge in [-0.25, -0.2) is 14.0 Å². The molecule has 2 aromatic heterocycles. The predicted molar refractivity (Wildman–Crippen MR) is 99.7 cm³/mol. The van der Waals surface area contributed by atoms with E-state index in [-0.39, 0.29) is 11.4 Å². The number of benzene rings is 2. The third-order valence-corrected chi connectivity index (χ3v) is 4.97. The lowest BCUT2D eigenvalue weighted by Gasteiger charge is -2.04. The summed E-state index contributed by atoms with van der Waals surface area (Å²) in [6, 6.07) is 15.9. The standard InChI is InChI=1S/C19H15FN4OS/c1-12-3-2-4-13(9-12)11-26-19-22-21-18(25)17-10-16(23-24(17)19)14-5-7-15(20)8-6-14/h2-10H,11H2,1H3,(H,21,25). The summed E-state index contributed by atoms with van der Waals surface area (Å²) in [7, 11) is 0. The number of aromatic nitrogens is 4. The van der Waals surface area contributed by atoms with E-state index in [9.17, 15) is 9.18 Å². The Kier molecular flexibility index (Phi) is 4.30. The molecule has 0 unspecified atom stereocenters. The molecule has 5 nitrogen and oxygen atoms in total. The Morgan fingerprint density at radius 1 is 1.15 bits per heavy atom. The van der Waals surface area contributed by atoms with Crippen LogP contribution in [0.3, 0.4) is 0 Å². The van der Waals surface area contributed by atoms with Crippen LogP contribution in [0.25, 0.3) is 16.8 Å². The number of fused-ring (bicyclic) bond motifs is 1. The molecule has 4 rings (SSSR count). The molecule has 0 amide bonds. The number of H-pyrrole nitrogens is 1. The third-order valence-electron chi connectivity index (χ3n) is 3.97. The van der Waals surface area contributed by atoms with Crippen LogP contribution >= 0.6 is 11.8 Å². The van der Waals surface area contributed by atoms with E-state index >= 15 is 0 Å². The highest BCUT2D eigenvalue weighted by Gasteiger charge is 2.12. The molecule has 26 heavy (non-hydrogen) atoms. The molecule has 0 atom stereocenters. The minimum absolute atomic E-state index is 0.313. The average molecular weight is 366 g/mol. The lowest BCUT2D eigenvalue weighted by atomic mass is 10.1. The molecule has 4 aromatic rings. The zero-order valence-electron chi connectivity index (χ0n) is 13.9. The first-order chi connectivity index (χ1) is 12.6. The van der Waals surface area contributed by atoms with Crippen molar-refractivity contribution in [3.8, 4) is 11.3 Å². The van der Waals surface area contributed by atoms with Crippen LogP contribution in [0.15, 0.2) is 64.5 Å². The van der Waals surface area contributed by atoms with Gasteiger partial charge in [-0.2, -0.15) is 5.10 Å². The number of nitrogens with one attached hydrogen (secondary N) is 1. The van der Waals surface area contributed by atoms with Crippen LogP contribution in [0.5, 0.6) is 0 Å². The van der Waals surface area contributed by atoms with Crippen molar-refractivity contribution in [3.63, 3.8) is 0 Å². The topological polar surface area (TPSA) is 63.0 Å². The molecule has 0 fully saturated rings. The van der Waals surface area contributed by atoms with Gasteiger partial charge in [0.1, 0.15) is 11.3 Å². The van der Waals surface area contributed by atoms with Crippen LogP contribution in [-0.2, 0) is 5.75 Å². The Balaban J connectivity index is 1.70. The minimum atomic E-state index is -0.314. The van der Waals surface area contributed by atoms with Gasteiger partial charge < -0.3 is 0 Å². The first-order valence-electron chi connectivity index (χ1n) is 8.03. The number of aromatic amines is 1. The van der Waals surface area contributed by atoms with Crippen molar-refractivity contribution in [1.29, 1.82) is 0 Å². The molecule has 2 aromatic carbocycles. The summed E-state index contributed by atoms with van der Waals surface area (Å²) in [5.41, 5.74) is 3.80. The van der Waals surface area contributed by atoms with Gasteiger partial charge in [0.2, 0.25) is 5.16 Å². The van der Waals surface area contributed by atoms with Crippen molar-refractivity contribution in [2.75, 3.05) is 0 Å². The summed E-state index contributed by atoms with van der Waals surface area (Å²) in [4.78, 5) is 12.1. The van der Waals surface area contributed by atoms with Gasteiger partial charge in [0.25, 0.3) is 5.56 Å². The SMILES string of the molecule is Cc1cccc(CSc2n[nH]c(=O)c3cc(-c4ccc(F)cc4)nn23)c1. The average Bonchev–Trinajstić information content (AvgIpc) is 3.08. The lowest BCUT2D eigenvalue weighted by molar-refractivity contribution is 0.628. The van der Waals surface area contributed by atoms with Crippen molar-refractivity contribution in [2.45, 2.75) is 17.8 Å². The van der Waals surface area contributed by atoms with Gasteiger partial charge in [0.05, 0.1) is 5.69 Å². The molecule has 0 aliphatic carbocycles. The molecular formula is C19H15FN4OS. The van der Waals surface area contributed by atoms with E-state index in [0.29, 0.717) is 22.1 Å². The minimum Gasteiger partial charge on any atom is -0.266 e. The Labute approximate surface area is 152 Å². The third kappa shape index (κ3) is 3.25. The number of hydrogen-bond donors (Lipinski definition) is 1. The quantitative estimate of drug-likeness (QED) is 0.558. The van der Waals surface area contributed by atoms with Gasteiger partial charge >= 0.3 is 0 Å². The van der Waals surface area contributed by atoms with Crippen molar-refractivity contribution in [3.05, 3.63) is 81.9 Å². The second-order valence-corrected chi connectivity index (χ2v) is 6.89.